The van der Waals surface area contributed by atoms with Crippen molar-refractivity contribution >= 4 is 16.0 Å². The highest BCUT2D eigenvalue weighted by Gasteiger charge is 2.24. The van der Waals surface area contributed by atoms with Gasteiger partial charge in [0.05, 0.1) is 0 Å². The molecule has 0 aliphatic rings. The Hall–Kier alpha value is -1.38. The van der Waals surface area contributed by atoms with Gasteiger partial charge in [0.15, 0.2) is 0 Å². The molecular weight excluding hydrogens is 272 g/mol. The SMILES string of the molecule is COCCCN(C)S(=O)(=O)c1cc(C(=O)O)n(C)c1. The second-order valence-electron chi connectivity index (χ2n) is 4.15. The molecule has 1 rings (SSSR count). The summed E-state index contributed by atoms with van der Waals surface area (Å²) < 4.78 is 31.7. The van der Waals surface area contributed by atoms with Crippen LogP contribution in [-0.2, 0) is 21.8 Å². The lowest BCUT2D eigenvalue weighted by Gasteiger charge is -2.15. The van der Waals surface area contributed by atoms with Crippen molar-refractivity contribution in [1.82, 2.24) is 8.87 Å². The minimum atomic E-state index is -3.66. The van der Waals surface area contributed by atoms with Crippen LogP contribution in [-0.4, -0.2) is 55.7 Å². The first-order valence-corrected chi connectivity index (χ1v) is 7.09. The Kier molecular flexibility index (Phi) is 5.10. The third-order valence-electron chi connectivity index (χ3n) is 2.73. The number of rotatable bonds is 7. The Morgan fingerprint density at radius 2 is 2.16 bits per heavy atom. The maximum atomic E-state index is 12.2. The Labute approximate surface area is 112 Å². The van der Waals surface area contributed by atoms with Gasteiger partial charge in [-0.05, 0) is 12.5 Å². The number of ether oxygens (including phenoxy) is 1. The molecule has 19 heavy (non-hydrogen) atoms. The van der Waals surface area contributed by atoms with Crippen molar-refractivity contribution in [2.45, 2.75) is 11.3 Å². The summed E-state index contributed by atoms with van der Waals surface area (Å²) in [6.07, 6.45) is 1.87. The number of sulfonamides is 1. The summed E-state index contributed by atoms with van der Waals surface area (Å²) in [5.41, 5.74) is -0.0659. The topological polar surface area (TPSA) is 88.8 Å². The maximum Gasteiger partial charge on any atom is 0.352 e. The Bertz CT molecular complexity index is 549. The van der Waals surface area contributed by atoms with E-state index < -0.39 is 16.0 Å². The molecule has 0 saturated carbocycles. The van der Waals surface area contributed by atoms with Crippen LogP contribution in [0.25, 0.3) is 0 Å². The van der Waals surface area contributed by atoms with Gasteiger partial charge in [-0.3, -0.25) is 0 Å². The Morgan fingerprint density at radius 1 is 1.53 bits per heavy atom. The second kappa shape index (κ2) is 6.18. The van der Waals surface area contributed by atoms with Crippen molar-refractivity contribution in [2.24, 2.45) is 7.05 Å². The van der Waals surface area contributed by atoms with Crippen LogP contribution in [0.3, 0.4) is 0 Å². The van der Waals surface area contributed by atoms with E-state index in [0.29, 0.717) is 19.6 Å². The van der Waals surface area contributed by atoms with Gasteiger partial charge in [0.1, 0.15) is 10.6 Å². The zero-order chi connectivity index (χ0) is 14.6. The van der Waals surface area contributed by atoms with Crippen molar-refractivity contribution in [3.63, 3.8) is 0 Å². The largest absolute Gasteiger partial charge is 0.477 e. The average molecular weight is 290 g/mol. The number of carboxylic acid groups (broad SMARTS) is 1. The molecule has 8 heteroatoms. The number of aryl methyl sites for hydroxylation is 1. The minimum Gasteiger partial charge on any atom is -0.477 e. The molecule has 108 valence electrons. The van der Waals surface area contributed by atoms with Crippen molar-refractivity contribution in [1.29, 1.82) is 0 Å². The van der Waals surface area contributed by atoms with E-state index in [-0.39, 0.29) is 10.6 Å². The lowest BCUT2D eigenvalue weighted by molar-refractivity contribution is 0.0686. The zero-order valence-electron chi connectivity index (χ0n) is 11.2. The number of aromatic carboxylic acids is 1. The van der Waals surface area contributed by atoms with Crippen LogP contribution in [0.5, 0.6) is 0 Å². The van der Waals surface area contributed by atoms with Crippen LogP contribution >= 0.6 is 0 Å². The molecule has 0 fully saturated rings. The van der Waals surface area contributed by atoms with Gasteiger partial charge in [0.2, 0.25) is 10.0 Å². The summed E-state index contributed by atoms with van der Waals surface area (Å²) in [4.78, 5) is 10.9. The average Bonchev–Trinajstić information content (AvgIpc) is 2.72. The highest BCUT2D eigenvalue weighted by atomic mass is 32.2. The molecule has 0 aliphatic heterocycles. The molecule has 0 unspecified atom stereocenters. The van der Waals surface area contributed by atoms with Crippen molar-refractivity contribution < 1.29 is 23.1 Å². The summed E-state index contributed by atoms with van der Waals surface area (Å²) in [5, 5.41) is 8.91. The Balaban J connectivity index is 2.94. The number of methoxy groups -OCH3 is 1. The number of aromatic nitrogens is 1. The second-order valence-corrected chi connectivity index (χ2v) is 6.19. The fourth-order valence-electron chi connectivity index (χ4n) is 1.62. The highest BCUT2D eigenvalue weighted by Crippen LogP contribution is 2.17. The molecular formula is C11H18N2O5S. The van der Waals surface area contributed by atoms with Gasteiger partial charge < -0.3 is 14.4 Å². The van der Waals surface area contributed by atoms with Crippen LogP contribution in [0.4, 0.5) is 0 Å². The molecule has 0 radical (unpaired) electrons. The summed E-state index contributed by atoms with van der Waals surface area (Å²) in [6, 6.07) is 1.16. The number of hydrogen-bond donors (Lipinski definition) is 1. The summed E-state index contributed by atoms with van der Waals surface area (Å²) in [5.74, 6) is -1.16. The third-order valence-corrected chi connectivity index (χ3v) is 4.55. The normalized spacial score (nSPS) is 12.0. The number of hydrogen-bond acceptors (Lipinski definition) is 4. The molecule has 1 aromatic rings. The van der Waals surface area contributed by atoms with E-state index in [1.165, 1.54) is 29.2 Å². The number of nitrogens with zero attached hydrogens (tertiary/aromatic N) is 2. The predicted molar refractivity (Wildman–Crippen MR) is 68.7 cm³/mol. The first-order chi connectivity index (χ1) is 8.80. The highest BCUT2D eigenvalue weighted by molar-refractivity contribution is 7.89. The zero-order valence-corrected chi connectivity index (χ0v) is 12.0. The van der Waals surface area contributed by atoms with Crippen LogP contribution in [0.15, 0.2) is 17.2 Å². The van der Waals surface area contributed by atoms with Crippen LogP contribution in [0, 0.1) is 0 Å². The van der Waals surface area contributed by atoms with E-state index >= 15 is 0 Å². The number of carboxylic acids is 1. The molecule has 1 N–H and O–H groups in total. The molecule has 0 saturated heterocycles. The van der Waals surface area contributed by atoms with Gasteiger partial charge in [0.25, 0.3) is 0 Å². The predicted octanol–water partition coefficient (Wildman–Crippen LogP) is 0.380. The molecule has 1 aromatic heterocycles. The van der Waals surface area contributed by atoms with Crippen LogP contribution in [0.1, 0.15) is 16.9 Å². The summed E-state index contributed by atoms with van der Waals surface area (Å²) in [6.45, 7) is 0.780. The van der Waals surface area contributed by atoms with E-state index in [0.717, 1.165) is 6.07 Å². The van der Waals surface area contributed by atoms with Crippen LogP contribution < -0.4 is 0 Å². The standard InChI is InChI=1S/C11H18N2O5S/c1-12-8-9(7-10(12)11(14)15)19(16,17)13(2)5-4-6-18-3/h7-8H,4-6H2,1-3H3,(H,14,15). The monoisotopic (exact) mass is 290 g/mol. The molecule has 0 aliphatic carbocycles. The summed E-state index contributed by atoms with van der Waals surface area (Å²) in [7, 11) is 0.836. The molecule has 7 nitrogen and oxygen atoms in total. The molecule has 1 heterocycles. The van der Waals surface area contributed by atoms with E-state index in [4.69, 9.17) is 9.84 Å². The molecule has 0 aromatic carbocycles. The Morgan fingerprint density at radius 3 is 2.63 bits per heavy atom. The van der Waals surface area contributed by atoms with Crippen molar-refractivity contribution in [3.05, 3.63) is 18.0 Å². The lowest BCUT2D eigenvalue weighted by Crippen LogP contribution is -2.28. The van der Waals surface area contributed by atoms with E-state index in [9.17, 15) is 13.2 Å². The lowest BCUT2D eigenvalue weighted by atomic mass is 10.4. The van der Waals surface area contributed by atoms with Gasteiger partial charge in [-0.25, -0.2) is 17.5 Å². The number of carbonyl (C=O) groups is 1. The van der Waals surface area contributed by atoms with Gasteiger partial charge in [-0.1, -0.05) is 0 Å². The molecule has 0 bridgehead atoms. The van der Waals surface area contributed by atoms with E-state index in [1.54, 1.807) is 7.11 Å². The minimum absolute atomic E-state index is 0.0210. The first-order valence-electron chi connectivity index (χ1n) is 5.65. The smallest absolute Gasteiger partial charge is 0.352 e. The van der Waals surface area contributed by atoms with Crippen molar-refractivity contribution in [2.75, 3.05) is 27.3 Å². The van der Waals surface area contributed by atoms with Gasteiger partial charge in [-0.15, -0.1) is 0 Å². The first kappa shape index (κ1) is 15.7. The quantitative estimate of drug-likeness (QED) is 0.733. The molecule has 0 amide bonds. The van der Waals surface area contributed by atoms with Crippen molar-refractivity contribution in [3.8, 4) is 0 Å². The van der Waals surface area contributed by atoms with E-state index in [1.807, 2.05) is 0 Å². The summed E-state index contributed by atoms with van der Waals surface area (Å²) >= 11 is 0. The fourth-order valence-corrected chi connectivity index (χ4v) is 2.90. The third kappa shape index (κ3) is 3.55. The van der Waals surface area contributed by atoms with E-state index in [2.05, 4.69) is 0 Å². The van der Waals surface area contributed by atoms with Crippen LogP contribution in [0.2, 0.25) is 0 Å². The van der Waals surface area contributed by atoms with Gasteiger partial charge >= 0.3 is 5.97 Å². The fraction of sp³-hybridized carbons (Fsp3) is 0.545. The van der Waals surface area contributed by atoms with Gasteiger partial charge in [-0.2, -0.15) is 0 Å². The maximum absolute atomic E-state index is 12.2. The molecule has 0 atom stereocenters. The molecule has 0 spiro atoms. The van der Waals surface area contributed by atoms with Gasteiger partial charge in [0, 0.05) is 40.6 Å².